The molecule has 1 N–H and O–H groups in total. The molecule has 1 atom stereocenters. The van der Waals surface area contributed by atoms with Gasteiger partial charge in [0.1, 0.15) is 0 Å². The number of hydrogen-bond donors (Lipinski definition) is 1. The van der Waals surface area contributed by atoms with E-state index in [1.807, 2.05) is 6.20 Å². The number of likely N-dealkylation sites (N-methyl/N-ethyl adjacent to an activating group) is 1. The van der Waals surface area contributed by atoms with Gasteiger partial charge in [-0.15, -0.1) is 0 Å². The number of nitrogens with one attached hydrogen (secondary N) is 1. The summed E-state index contributed by atoms with van der Waals surface area (Å²) in [6, 6.07) is 0.732. The minimum absolute atomic E-state index is 0.732. The number of nitrogens with zero attached hydrogens (tertiary/aromatic N) is 2. The molecule has 0 fully saturated rings. The molecule has 0 aliphatic heterocycles. The zero-order valence-electron chi connectivity index (χ0n) is 9.08. The van der Waals surface area contributed by atoms with Crippen LogP contribution in [-0.2, 0) is 12.8 Å². The molecule has 0 amide bonds. The van der Waals surface area contributed by atoms with Gasteiger partial charge in [-0.05, 0) is 37.9 Å². The average Bonchev–Trinajstić information content (AvgIpc) is 2.66. The Labute approximate surface area is 85.5 Å². The highest BCUT2D eigenvalue weighted by Gasteiger charge is 2.23. The van der Waals surface area contributed by atoms with Crippen molar-refractivity contribution < 1.29 is 0 Å². The second kappa shape index (κ2) is 4.13. The van der Waals surface area contributed by atoms with Gasteiger partial charge >= 0.3 is 0 Å². The Hall–Kier alpha value is -0.830. The third kappa shape index (κ3) is 1.69. The van der Waals surface area contributed by atoms with Crippen molar-refractivity contribution in [3.63, 3.8) is 0 Å². The molecule has 1 aromatic rings. The lowest BCUT2D eigenvalue weighted by atomic mass is 9.92. The highest BCUT2D eigenvalue weighted by Crippen LogP contribution is 2.22. The van der Waals surface area contributed by atoms with Crippen molar-refractivity contribution in [1.82, 2.24) is 15.1 Å². The van der Waals surface area contributed by atoms with Crippen LogP contribution in [0.5, 0.6) is 0 Å². The van der Waals surface area contributed by atoms with Gasteiger partial charge in [0.05, 0.1) is 6.20 Å². The van der Waals surface area contributed by atoms with E-state index in [1.54, 1.807) is 0 Å². The van der Waals surface area contributed by atoms with E-state index in [1.165, 1.54) is 24.1 Å². The molecule has 3 heteroatoms. The summed E-state index contributed by atoms with van der Waals surface area (Å²) in [5, 5.41) is 7.19. The molecule has 14 heavy (non-hydrogen) atoms. The molecule has 0 saturated carbocycles. The molecular formula is C11H19N3. The molecule has 0 spiro atoms. The third-order valence-corrected chi connectivity index (χ3v) is 3.32. The second-order valence-electron chi connectivity index (χ2n) is 3.99. The molecule has 1 aliphatic carbocycles. The Kier molecular flexibility index (Phi) is 2.87. The quantitative estimate of drug-likeness (QED) is 0.791. The SMILES string of the molecule is CCN(CC)C1CCc2[nH]ncc2C1. The molecule has 1 aliphatic rings. The summed E-state index contributed by atoms with van der Waals surface area (Å²) in [5.74, 6) is 0. The molecule has 1 heterocycles. The summed E-state index contributed by atoms with van der Waals surface area (Å²) in [6.07, 6.45) is 5.60. The summed E-state index contributed by atoms with van der Waals surface area (Å²) < 4.78 is 0. The maximum absolute atomic E-state index is 4.11. The van der Waals surface area contributed by atoms with Crippen LogP contribution in [0.25, 0.3) is 0 Å². The summed E-state index contributed by atoms with van der Waals surface area (Å²) in [4.78, 5) is 2.55. The van der Waals surface area contributed by atoms with Crippen LogP contribution in [-0.4, -0.2) is 34.2 Å². The van der Waals surface area contributed by atoms with Gasteiger partial charge in [0, 0.05) is 11.7 Å². The Bertz CT molecular complexity index is 288. The Morgan fingerprint density at radius 3 is 3.00 bits per heavy atom. The van der Waals surface area contributed by atoms with E-state index in [0.29, 0.717) is 0 Å². The number of aryl methyl sites for hydroxylation is 1. The lowest BCUT2D eigenvalue weighted by Crippen LogP contribution is -2.38. The molecule has 0 saturated heterocycles. The van der Waals surface area contributed by atoms with Crippen molar-refractivity contribution in [2.24, 2.45) is 0 Å². The first-order valence-electron chi connectivity index (χ1n) is 5.60. The predicted octanol–water partition coefficient (Wildman–Crippen LogP) is 1.61. The van der Waals surface area contributed by atoms with E-state index in [2.05, 4.69) is 28.9 Å². The largest absolute Gasteiger partial charge is 0.301 e. The van der Waals surface area contributed by atoms with Crippen molar-refractivity contribution >= 4 is 0 Å². The van der Waals surface area contributed by atoms with Crippen LogP contribution in [0, 0.1) is 0 Å². The van der Waals surface area contributed by atoms with Gasteiger partial charge in [-0.1, -0.05) is 13.8 Å². The van der Waals surface area contributed by atoms with E-state index in [9.17, 15) is 0 Å². The third-order valence-electron chi connectivity index (χ3n) is 3.32. The Morgan fingerprint density at radius 1 is 1.50 bits per heavy atom. The summed E-state index contributed by atoms with van der Waals surface area (Å²) in [5.41, 5.74) is 2.78. The van der Waals surface area contributed by atoms with Gasteiger partial charge in [0.2, 0.25) is 0 Å². The van der Waals surface area contributed by atoms with Crippen molar-refractivity contribution in [1.29, 1.82) is 0 Å². The van der Waals surface area contributed by atoms with Crippen LogP contribution >= 0.6 is 0 Å². The Balaban J connectivity index is 2.06. The Morgan fingerprint density at radius 2 is 2.29 bits per heavy atom. The van der Waals surface area contributed by atoms with Gasteiger partial charge in [0.15, 0.2) is 0 Å². The van der Waals surface area contributed by atoms with Crippen LogP contribution in [0.3, 0.4) is 0 Å². The minimum Gasteiger partial charge on any atom is -0.301 e. The molecule has 0 aromatic carbocycles. The van der Waals surface area contributed by atoms with Gasteiger partial charge in [-0.25, -0.2) is 0 Å². The summed E-state index contributed by atoms with van der Waals surface area (Å²) in [7, 11) is 0. The highest BCUT2D eigenvalue weighted by molar-refractivity contribution is 5.21. The second-order valence-corrected chi connectivity index (χ2v) is 3.99. The van der Waals surface area contributed by atoms with Crippen LogP contribution in [0.15, 0.2) is 6.20 Å². The molecule has 0 radical (unpaired) electrons. The lowest BCUT2D eigenvalue weighted by Gasteiger charge is -2.32. The van der Waals surface area contributed by atoms with Crippen LogP contribution in [0.2, 0.25) is 0 Å². The summed E-state index contributed by atoms with van der Waals surface area (Å²) in [6.45, 7) is 6.81. The first-order chi connectivity index (χ1) is 6.85. The molecule has 78 valence electrons. The zero-order chi connectivity index (χ0) is 9.97. The zero-order valence-corrected chi connectivity index (χ0v) is 9.08. The number of aromatic amines is 1. The topological polar surface area (TPSA) is 31.9 Å². The number of fused-ring (bicyclic) bond motifs is 1. The standard InChI is InChI=1S/C11H19N3/c1-3-14(4-2)10-5-6-11-9(7-10)8-12-13-11/h8,10H,3-7H2,1-2H3,(H,12,13). The van der Waals surface area contributed by atoms with Gasteiger partial charge in [0.25, 0.3) is 0 Å². The number of hydrogen-bond acceptors (Lipinski definition) is 2. The minimum atomic E-state index is 0.732. The van der Waals surface area contributed by atoms with Crippen LogP contribution < -0.4 is 0 Å². The van der Waals surface area contributed by atoms with Gasteiger partial charge in [-0.2, -0.15) is 5.10 Å². The van der Waals surface area contributed by atoms with Crippen LogP contribution in [0.4, 0.5) is 0 Å². The van der Waals surface area contributed by atoms with Crippen molar-refractivity contribution in [3.8, 4) is 0 Å². The molecule has 1 unspecified atom stereocenters. The molecule has 1 aromatic heterocycles. The van der Waals surface area contributed by atoms with Gasteiger partial charge in [-0.3, -0.25) is 5.10 Å². The van der Waals surface area contributed by atoms with Crippen molar-refractivity contribution in [2.45, 2.75) is 39.2 Å². The van der Waals surface area contributed by atoms with Gasteiger partial charge < -0.3 is 4.90 Å². The average molecular weight is 193 g/mol. The molecule has 0 bridgehead atoms. The maximum Gasteiger partial charge on any atom is 0.0522 e. The van der Waals surface area contributed by atoms with E-state index in [-0.39, 0.29) is 0 Å². The predicted molar refractivity (Wildman–Crippen MR) is 57.3 cm³/mol. The fourth-order valence-electron chi connectivity index (χ4n) is 2.45. The van der Waals surface area contributed by atoms with Crippen molar-refractivity contribution in [2.75, 3.05) is 13.1 Å². The molecule has 3 nitrogen and oxygen atoms in total. The van der Waals surface area contributed by atoms with E-state index >= 15 is 0 Å². The number of H-pyrrole nitrogens is 1. The van der Waals surface area contributed by atoms with E-state index in [4.69, 9.17) is 0 Å². The number of rotatable bonds is 3. The maximum atomic E-state index is 4.11. The highest BCUT2D eigenvalue weighted by atomic mass is 15.2. The summed E-state index contributed by atoms with van der Waals surface area (Å²) >= 11 is 0. The van der Waals surface area contributed by atoms with Crippen molar-refractivity contribution in [3.05, 3.63) is 17.5 Å². The lowest BCUT2D eigenvalue weighted by molar-refractivity contribution is 0.198. The monoisotopic (exact) mass is 193 g/mol. The first-order valence-corrected chi connectivity index (χ1v) is 5.60. The van der Waals surface area contributed by atoms with E-state index < -0.39 is 0 Å². The first kappa shape index (κ1) is 9.71. The fourth-order valence-corrected chi connectivity index (χ4v) is 2.45. The smallest absolute Gasteiger partial charge is 0.0522 e. The van der Waals surface area contributed by atoms with Crippen LogP contribution in [0.1, 0.15) is 31.5 Å². The molecule has 2 rings (SSSR count). The van der Waals surface area contributed by atoms with E-state index in [0.717, 1.165) is 25.6 Å². The molecular weight excluding hydrogens is 174 g/mol. The normalized spacial score (nSPS) is 21.2. The number of aromatic nitrogens is 2. The fraction of sp³-hybridized carbons (Fsp3) is 0.727.